The fourth-order valence-electron chi connectivity index (χ4n) is 1.96. The van der Waals surface area contributed by atoms with Crippen LogP contribution in [0.2, 0.25) is 5.02 Å². The lowest BCUT2D eigenvalue weighted by Gasteiger charge is -2.25. The molecule has 108 valence electrons. The van der Waals surface area contributed by atoms with Crippen molar-refractivity contribution in [3.8, 4) is 0 Å². The Morgan fingerprint density at radius 3 is 2.75 bits per heavy atom. The summed E-state index contributed by atoms with van der Waals surface area (Å²) in [7, 11) is 0. The van der Waals surface area contributed by atoms with Gasteiger partial charge in [0.05, 0.1) is 29.3 Å². The number of halogens is 1. The average Bonchev–Trinajstić information content (AvgIpc) is 2.73. The zero-order valence-corrected chi connectivity index (χ0v) is 11.7. The van der Waals surface area contributed by atoms with Gasteiger partial charge in [-0.1, -0.05) is 11.6 Å². The van der Waals surface area contributed by atoms with E-state index in [9.17, 15) is 9.59 Å². The van der Waals surface area contributed by atoms with Gasteiger partial charge >= 0.3 is 0 Å². The first-order valence-corrected chi connectivity index (χ1v) is 6.46. The Hall–Kier alpha value is -1.63. The maximum Gasteiger partial charge on any atom is 0.248 e. The summed E-state index contributed by atoms with van der Waals surface area (Å²) in [4.78, 5) is 23.5. The third kappa shape index (κ3) is 2.63. The number of hydrogen-bond donors (Lipinski definition) is 3. The predicted octanol–water partition coefficient (Wildman–Crippen LogP) is 0.741. The molecule has 5 N–H and O–H groups in total. The Kier molecular flexibility index (Phi) is 3.99. The Labute approximate surface area is 121 Å². The number of carbonyl (C=O) groups excluding carboxylic acids is 2. The number of hydrogen-bond acceptors (Lipinski definition) is 4. The van der Waals surface area contributed by atoms with Crippen molar-refractivity contribution in [2.24, 2.45) is 16.9 Å². The Bertz CT molecular complexity index is 564. The van der Waals surface area contributed by atoms with Gasteiger partial charge in [-0.25, -0.2) is 0 Å². The highest BCUT2D eigenvalue weighted by Gasteiger charge is 2.44. The Morgan fingerprint density at radius 2 is 2.20 bits per heavy atom. The third-order valence-corrected chi connectivity index (χ3v) is 3.87. The first-order valence-electron chi connectivity index (χ1n) is 6.09. The second kappa shape index (κ2) is 5.40. The van der Waals surface area contributed by atoms with Gasteiger partial charge in [0.1, 0.15) is 0 Å². The van der Waals surface area contributed by atoms with Gasteiger partial charge in [-0.2, -0.15) is 0 Å². The summed E-state index contributed by atoms with van der Waals surface area (Å²) in [6.45, 7) is 2.30. The molecule has 0 aliphatic carbocycles. The molecule has 2 amide bonds. The highest BCUT2D eigenvalue weighted by molar-refractivity contribution is 6.34. The molecule has 0 spiro atoms. The van der Waals surface area contributed by atoms with Gasteiger partial charge in [0.25, 0.3) is 0 Å². The Balaban J connectivity index is 2.23. The lowest BCUT2D eigenvalue weighted by Crippen LogP contribution is -2.47. The summed E-state index contributed by atoms with van der Waals surface area (Å²) >= 11 is 6.00. The lowest BCUT2D eigenvalue weighted by atomic mass is 9.85. The molecule has 0 saturated carbocycles. The number of carbonyl (C=O) groups is 2. The number of nitrogens with two attached hydrogens (primary N) is 2. The van der Waals surface area contributed by atoms with Gasteiger partial charge in [0, 0.05) is 11.6 Å². The fourth-order valence-corrected chi connectivity index (χ4v) is 2.13. The van der Waals surface area contributed by atoms with Crippen LogP contribution < -0.4 is 16.8 Å². The molecule has 1 saturated heterocycles. The second-order valence-corrected chi connectivity index (χ2v) is 5.46. The summed E-state index contributed by atoms with van der Waals surface area (Å²) in [6, 6.07) is 4.05. The minimum atomic E-state index is -0.827. The number of anilines is 1. The van der Waals surface area contributed by atoms with Gasteiger partial charge in [-0.05, 0) is 25.1 Å². The van der Waals surface area contributed by atoms with E-state index in [-0.39, 0.29) is 24.1 Å². The SMILES string of the molecule is CC1(C(=O)Nc2cc(C(N)=O)ccc2Cl)COCC1N. The normalized spacial score (nSPS) is 25.4. The van der Waals surface area contributed by atoms with Crippen LogP contribution in [0.15, 0.2) is 18.2 Å². The molecule has 1 aliphatic rings. The quantitative estimate of drug-likeness (QED) is 0.764. The van der Waals surface area contributed by atoms with Crippen molar-refractivity contribution >= 4 is 29.1 Å². The van der Waals surface area contributed by atoms with Crippen LogP contribution in [0.5, 0.6) is 0 Å². The Morgan fingerprint density at radius 1 is 1.50 bits per heavy atom. The van der Waals surface area contributed by atoms with Crippen LogP contribution >= 0.6 is 11.6 Å². The van der Waals surface area contributed by atoms with E-state index < -0.39 is 11.3 Å². The molecule has 2 atom stereocenters. The molecule has 2 unspecified atom stereocenters. The van der Waals surface area contributed by atoms with Crippen LogP contribution in [0.25, 0.3) is 0 Å². The van der Waals surface area contributed by atoms with Gasteiger partial charge in [0.2, 0.25) is 11.8 Å². The molecule has 1 heterocycles. The number of benzene rings is 1. The molecular formula is C13H16ClN3O3. The molecule has 0 aromatic heterocycles. The van der Waals surface area contributed by atoms with Gasteiger partial charge in [-0.15, -0.1) is 0 Å². The number of primary amides is 1. The van der Waals surface area contributed by atoms with Gasteiger partial charge < -0.3 is 21.5 Å². The molecule has 20 heavy (non-hydrogen) atoms. The van der Waals surface area contributed by atoms with E-state index in [0.717, 1.165) is 0 Å². The number of nitrogens with one attached hydrogen (secondary N) is 1. The van der Waals surface area contributed by atoms with Crippen LogP contribution in [0, 0.1) is 5.41 Å². The maximum atomic E-state index is 12.3. The number of rotatable bonds is 3. The first-order chi connectivity index (χ1) is 9.34. The second-order valence-electron chi connectivity index (χ2n) is 5.05. The largest absolute Gasteiger partial charge is 0.379 e. The molecule has 1 fully saturated rings. The van der Waals surface area contributed by atoms with Crippen molar-refractivity contribution in [2.75, 3.05) is 18.5 Å². The van der Waals surface area contributed by atoms with E-state index in [1.165, 1.54) is 18.2 Å². The molecule has 6 nitrogen and oxygen atoms in total. The van der Waals surface area contributed by atoms with E-state index in [2.05, 4.69) is 5.32 Å². The first kappa shape index (κ1) is 14.8. The van der Waals surface area contributed by atoms with Crippen molar-refractivity contribution in [2.45, 2.75) is 13.0 Å². The topological polar surface area (TPSA) is 107 Å². The molecule has 7 heteroatoms. The van der Waals surface area contributed by atoms with E-state index in [0.29, 0.717) is 17.3 Å². The predicted molar refractivity (Wildman–Crippen MR) is 75.5 cm³/mol. The average molecular weight is 298 g/mol. The lowest BCUT2D eigenvalue weighted by molar-refractivity contribution is -0.125. The molecule has 1 aromatic rings. The van der Waals surface area contributed by atoms with Crippen molar-refractivity contribution in [1.29, 1.82) is 0 Å². The van der Waals surface area contributed by atoms with Crippen molar-refractivity contribution in [1.82, 2.24) is 0 Å². The maximum absolute atomic E-state index is 12.3. The monoisotopic (exact) mass is 297 g/mol. The molecule has 1 aromatic carbocycles. The van der Waals surface area contributed by atoms with Gasteiger partial charge in [-0.3, -0.25) is 9.59 Å². The minimum Gasteiger partial charge on any atom is -0.379 e. The molecule has 1 aliphatic heterocycles. The molecule has 2 rings (SSSR count). The summed E-state index contributed by atoms with van der Waals surface area (Å²) < 4.78 is 5.23. The van der Waals surface area contributed by atoms with Crippen molar-refractivity contribution in [3.05, 3.63) is 28.8 Å². The third-order valence-electron chi connectivity index (χ3n) is 3.54. The fraction of sp³-hybridized carbons (Fsp3) is 0.385. The molecular weight excluding hydrogens is 282 g/mol. The summed E-state index contributed by atoms with van der Waals surface area (Å²) in [5.74, 6) is -0.893. The summed E-state index contributed by atoms with van der Waals surface area (Å²) in [5, 5.41) is 3.00. The smallest absolute Gasteiger partial charge is 0.248 e. The zero-order valence-electron chi connectivity index (χ0n) is 11.0. The highest BCUT2D eigenvalue weighted by Crippen LogP contribution is 2.30. The highest BCUT2D eigenvalue weighted by atomic mass is 35.5. The van der Waals surface area contributed by atoms with Crippen LogP contribution in [0.3, 0.4) is 0 Å². The summed E-state index contributed by atoms with van der Waals surface area (Å²) in [6.07, 6.45) is 0. The molecule has 0 bridgehead atoms. The van der Waals surface area contributed by atoms with Crippen molar-refractivity contribution < 1.29 is 14.3 Å². The van der Waals surface area contributed by atoms with E-state index in [1.807, 2.05) is 0 Å². The van der Waals surface area contributed by atoms with Crippen LogP contribution in [-0.2, 0) is 9.53 Å². The van der Waals surface area contributed by atoms with Crippen LogP contribution in [-0.4, -0.2) is 31.1 Å². The zero-order chi connectivity index (χ0) is 14.9. The number of ether oxygens (including phenoxy) is 1. The van der Waals surface area contributed by atoms with Crippen LogP contribution in [0.4, 0.5) is 5.69 Å². The minimum absolute atomic E-state index is 0.243. The van der Waals surface area contributed by atoms with E-state index in [1.54, 1.807) is 6.92 Å². The van der Waals surface area contributed by atoms with E-state index in [4.69, 9.17) is 27.8 Å². The molecule has 0 radical (unpaired) electrons. The standard InChI is InChI=1S/C13H16ClN3O3/c1-13(6-20-5-10(13)15)12(19)17-9-4-7(11(16)18)2-3-8(9)14/h2-4,10H,5-6,15H2,1H3,(H2,16,18)(H,17,19). The van der Waals surface area contributed by atoms with E-state index >= 15 is 0 Å². The summed E-state index contributed by atoms with van der Waals surface area (Å²) in [5.41, 5.74) is 10.9. The van der Waals surface area contributed by atoms with Gasteiger partial charge in [0.15, 0.2) is 0 Å². The van der Waals surface area contributed by atoms with Crippen molar-refractivity contribution in [3.63, 3.8) is 0 Å². The number of amides is 2. The van der Waals surface area contributed by atoms with Crippen LogP contribution in [0.1, 0.15) is 17.3 Å².